The van der Waals surface area contributed by atoms with Gasteiger partial charge in [0.15, 0.2) is 6.67 Å². The van der Waals surface area contributed by atoms with E-state index in [0.717, 1.165) is 12.1 Å². The first-order valence-electron chi connectivity index (χ1n) is 13.2. The molecule has 9 nitrogen and oxygen atoms in total. The van der Waals surface area contributed by atoms with Gasteiger partial charge in [-0.1, -0.05) is 6.07 Å². The first kappa shape index (κ1) is 29.8. The van der Waals surface area contributed by atoms with Gasteiger partial charge in [-0.05, 0) is 74.7 Å². The zero-order chi connectivity index (χ0) is 29.8. The lowest BCUT2D eigenvalue weighted by Gasteiger charge is -2.48. The zero-order valence-electron chi connectivity index (χ0n) is 22.8. The number of nitrogens with zero attached hydrogens (tertiary/aromatic N) is 5. The lowest BCUT2D eigenvalue weighted by molar-refractivity contribution is -0.802. The van der Waals surface area contributed by atoms with Crippen LogP contribution in [0, 0.1) is 16.5 Å². The summed E-state index contributed by atoms with van der Waals surface area (Å²) >= 11 is 0. The number of allylic oxidation sites excluding steroid dienone is 1. The Morgan fingerprint density at radius 1 is 1.12 bits per heavy atom. The monoisotopic (exact) mass is 568 g/mol. The predicted octanol–water partition coefficient (Wildman–Crippen LogP) is 4.64. The van der Waals surface area contributed by atoms with Crippen molar-refractivity contribution in [3.63, 3.8) is 0 Å². The highest BCUT2D eigenvalue weighted by Gasteiger charge is 2.44. The lowest BCUT2D eigenvalue weighted by atomic mass is 10.0. The molecule has 0 aliphatic carbocycles. The summed E-state index contributed by atoms with van der Waals surface area (Å²) in [5, 5.41) is 29.6. The smallest absolute Gasteiger partial charge is 0.416 e. The second-order valence-electron chi connectivity index (χ2n) is 10.0. The van der Waals surface area contributed by atoms with Crippen LogP contribution < -0.4 is 15.2 Å². The van der Waals surface area contributed by atoms with Crippen LogP contribution in [0.2, 0.25) is 0 Å². The van der Waals surface area contributed by atoms with Gasteiger partial charge in [0.1, 0.15) is 5.57 Å². The number of carbonyl (C=O) groups is 2. The van der Waals surface area contributed by atoms with Crippen molar-refractivity contribution in [2.24, 2.45) is 0 Å². The SMILES string of the molecule is CC1=C(C2=CCN(C)N2c2ccc(C#N)cc2)C(=O)[N+]([O-])(CCCCCNC=O)CN1c1cccc(C(F)(F)F)c1. The number of quaternary nitrogens is 1. The molecule has 1 unspecified atom stereocenters. The van der Waals surface area contributed by atoms with Crippen molar-refractivity contribution in [2.75, 3.05) is 43.3 Å². The number of unbranched alkanes of at least 4 members (excludes halogenated alkanes) is 2. The molecule has 41 heavy (non-hydrogen) atoms. The molecular formula is C29H31F3N6O3. The molecule has 0 spiro atoms. The summed E-state index contributed by atoms with van der Waals surface area (Å²) in [6, 6.07) is 13.5. The second-order valence-corrected chi connectivity index (χ2v) is 10.0. The molecule has 0 radical (unpaired) electrons. The Morgan fingerprint density at radius 3 is 2.51 bits per heavy atom. The van der Waals surface area contributed by atoms with Crippen LogP contribution in [0.4, 0.5) is 24.5 Å². The number of hydrazine groups is 1. The van der Waals surface area contributed by atoms with E-state index in [1.54, 1.807) is 42.3 Å². The van der Waals surface area contributed by atoms with E-state index in [1.807, 2.05) is 12.1 Å². The maximum Gasteiger partial charge on any atom is 0.416 e. The van der Waals surface area contributed by atoms with Gasteiger partial charge in [0.25, 0.3) is 0 Å². The molecule has 2 amide bonds. The van der Waals surface area contributed by atoms with Crippen LogP contribution in [0.3, 0.4) is 0 Å². The normalized spacial score (nSPS) is 19.8. The molecule has 2 aliphatic heterocycles. The third-order valence-electron chi connectivity index (χ3n) is 7.25. The number of hydroxylamine groups is 3. The number of rotatable bonds is 10. The Morgan fingerprint density at radius 2 is 1.85 bits per heavy atom. The van der Waals surface area contributed by atoms with E-state index in [4.69, 9.17) is 0 Å². The van der Waals surface area contributed by atoms with Crippen LogP contribution in [-0.4, -0.2) is 55.3 Å². The minimum Gasteiger partial charge on any atom is -0.624 e. The van der Waals surface area contributed by atoms with Gasteiger partial charge in [0.05, 0.1) is 35.1 Å². The Labute approximate surface area is 236 Å². The molecular weight excluding hydrogens is 537 g/mol. The highest BCUT2D eigenvalue weighted by Crippen LogP contribution is 2.40. The number of likely N-dealkylation sites (N-methyl/N-ethyl adjacent to an activating group) is 1. The van der Waals surface area contributed by atoms with Crippen LogP contribution in [0.5, 0.6) is 0 Å². The van der Waals surface area contributed by atoms with Crippen molar-refractivity contribution in [1.29, 1.82) is 5.26 Å². The van der Waals surface area contributed by atoms with E-state index < -0.39 is 22.3 Å². The molecule has 1 N–H and O–H groups in total. The fourth-order valence-electron chi connectivity index (χ4n) is 5.11. The molecule has 4 rings (SSSR count). The van der Waals surface area contributed by atoms with E-state index in [1.165, 1.54) is 17.0 Å². The van der Waals surface area contributed by atoms with Gasteiger partial charge >= 0.3 is 12.1 Å². The first-order valence-corrected chi connectivity index (χ1v) is 13.2. The van der Waals surface area contributed by atoms with Crippen molar-refractivity contribution in [1.82, 2.24) is 10.3 Å². The van der Waals surface area contributed by atoms with Crippen LogP contribution >= 0.6 is 0 Å². The topological polar surface area (TPSA) is 103 Å². The molecule has 2 aliphatic rings. The predicted molar refractivity (Wildman–Crippen MR) is 147 cm³/mol. The van der Waals surface area contributed by atoms with Crippen molar-refractivity contribution in [3.8, 4) is 6.07 Å². The van der Waals surface area contributed by atoms with Crippen LogP contribution in [0.25, 0.3) is 0 Å². The van der Waals surface area contributed by atoms with Crippen LogP contribution in [-0.2, 0) is 15.8 Å². The van der Waals surface area contributed by atoms with Gasteiger partial charge in [-0.3, -0.25) is 19.3 Å². The van der Waals surface area contributed by atoms with Crippen molar-refractivity contribution >= 4 is 23.7 Å². The molecule has 0 bridgehead atoms. The number of nitriles is 1. The summed E-state index contributed by atoms with van der Waals surface area (Å²) in [7, 11) is 1.81. The first-order chi connectivity index (χ1) is 19.5. The molecule has 0 aromatic heterocycles. The quantitative estimate of drug-likeness (QED) is 0.193. The molecule has 2 aromatic carbocycles. The van der Waals surface area contributed by atoms with E-state index >= 15 is 0 Å². The average Bonchev–Trinajstić information content (AvgIpc) is 3.33. The third-order valence-corrected chi connectivity index (χ3v) is 7.25. The highest BCUT2D eigenvalue weighted by atomic mass is 19.4. The zero-order valence-corrected chi connectivity index (χ0v) is 22.8. The summed E-state index contributed by atoms with van der Waals surface area (Å²) in [4.78, 5) is 26.0. The highest BCUT2D eigenvalue weighted by molar-refractivity contribution is 5.97. The maximum absolute atomic E-state index is 14.3. The Kier molecular flexibility index (Phi) is 8.82. The van der Waals surface area contributed by atoms with E-state index in [9.17, 15) is 33.2 Å². The fraction of sp³-hybridized carbons (Fsp3) is 0.345. The Hall–Kier alpha value is -4.18. The molecule has 2 heterocycles. The molecule has 12 heteroatoms. The van der Waals surface area contributed by atoms with E-state index in [2.05, 4.69) is 11.4 Å². The summed E-state index contributed by atoms with van der Waals surface area (Å²) in [5.41, 5.74) is 1.37. The van der Waals surface area contributed by atoms with Gasteiger partial charge < -0.3 is 10.5 Å². The minimum atomic E-state index is -4.58. The Bertz CT molecular complexity index is 1400. The number of amides is 2. The number of alkyl halides is 3. The van der Waals surface area contributed by atoms with E-state index in [-0.39, 0.29) is 24.5 Å². The van der Waals surface area contributed by atoms with Gasteiger partial charge in [-0.15, -0.1) is 0 Å². The number of hydrogen-bond donors (Lipinski definition) is 1. The number of anilines is 2. The number of hydrogen-bond acceptors (Lipinski definition) is 7. The number of carbonyl (C=O) groups excluding carboxylic acids is 2. The molecule has 0 saturated heterocycles. The van der Waals surface area contributed by atoms with E-state index in [0.29, 0.717) is 61.4 Å². The number of halogens is 3. The largest absolute Gasteiger partial charge is 0.624 e. The molecule has 0 saturated carbocycles. The molecule has 1 atom stereocenters. The average molecular weight is 569 g/mol. The molecule has 2 aromatic rings. The lowest BCUT2D eigenvalue weighted by Crippen LogP contribution is -2.59. The van der Waals surface area contributed by atoms with Crippen LogP contribution in [0.15, 0.2) is 71.6 Å². The molecule has 0 fully saturated rings. The number of nitrogens with one attached hydrogen (secondary N) is 1. The maximum atomic E-state index is 14.3. The van der Waals surface area contributed by atoms with Crippen LogP contribution in [0.1, 0.15) is 37.3 Å². The van der Waals surface area contributed by atoms with Crippen molar-refractivity contribution in [2.45, 2.75) is 32.4 Å². The standard InChI is InChI=1S/C29H31F3N6O3/c1-21-27(26-13-15-35(2)37(26)24-11-9-22(18-33)10-12-24)28(40)38(41,16-5-3-4-14-34-19-39)20-36(21)25-8-6-7-23(17-25)29(30,31)32/h6-13,17,19H,3-5,14-16,20H2,1-2H3,(H,34,39). The summed E-state index contributed by atoms with van der Waals surface area (Å²) in [6.45, 7) is 2.05. The van der Waals surface area contributed by atoms with Gasteiger partial charge in [0, 0.05) is 31.5 Å². The second kappa shape index (κ2) is 12.1. The van der Waals surface area contributed by atoms with Crippen molar-refractivity contribution in [3.05, 3.63) is 87.9 Å². The number of benzene rings is 2. The summed E-state index contributed by atoms with van der Waals surface area (Å²) in [6.07, 6.45) is -0.593. The molecule has 216 valence electrons. The Balaban J connectivity index is 1.76. The van der Waals surface area contributed by atoms with Gasteiger partial charge in [0.2, 0.25) is 6.41 Å². The summed E-state index contributed by atoms with van der Waals surface area (Å²) < 4.78 is 39.5. The third kappa shape index (κ3) is 6.27. The fourth-order valence-corrected chi connectivity index (χ4v) is 5.11. The summed E-state index contributed by atoms with van der Waals surface area (Å²) in [5.74, 6) is -0.670. The van der Waals surface area contributed by atoms with Crippen molar-refractivity contribution < 1.29 is 27.4 Å². The van der Waals surface area contributed by atoms with Gasteiger partial charge in [-0.2, -0.15) is 18.4 Å². The minimum absolute atomic E-state index is 0.0772. The van der Waals surface area contributed by atoms with Gasteiger partial charge in [-0.25, -0.2) is 9.80 Å².